The number of rotatable bonds is 7. The highest BCUT2D eigenvalue weighted by Crippen LogP contribution is 2.22. The molecule has 114 valence electrons. The van der Waals surface area contributed by atoms with Crippen LogP contribution in [0.4, 0.5) is 0 Å². The fourth-order valence-electron chi connectivity index (χ4n) is 1.42. The number of hydrogen-bond donors (Lipinski definition) is 2. The molecule has 1 aromatic rings. The maximum absolute atomic E-state index is 11.7. The van der Waals surface area contributed by atoms with Crippen molar-refractivity contribution in [1.82, 2.24) is 5.32 Å². The molecule has 1 aromatic heterocycles. The molecule has 0 aromatic carbocycles. The molecule has 0 bridgehead atoms. The average molecular weight is 376 g/mol. The summed E-state index contributed by atoms with van der Waals surface area (Å²) in [5.41, 5.74) is 0. The molecule has 0 unspecified atom stereocenters. The fourth-order valence-corrected chi connectivity index (χ4v) is 2.74. The molecule has 0 radical (unpaired) electrons. The zero-order chi connectivity index (χ0) is 15.8. The van der Waals surface area contributed by atoms with E-state index in [0.29, 0.717) is 0 Å². The minimum Gasteiger partial charge on any atom is -0.480 e. The molecule has 0 aliphatic carbocycles. The van der Waals surface area contributed by atoms with E-state index in [1.54, 1.807) is 6.08 Å². The molecule has 1 amide bonds. The lowest BCUT2D eigenvalue weighted by molar-refractivity contribution is -0.143. The predicted molar refractivity (Wildman–Crippen MR) is 81.9 cm³/mol. The molecule has 8 heteroatoms. The summed E-state index contributed by atoms with van der Waals surface area (Å²) in [7, 11) is 1.22. The van der Waals surface area contributed by atoms with Crippen molar-refractivity contribution in [1.29, 1.82) is 0 Å². The summed E-state index contributed by atoms with van der Waals surface area (Å²) < 4.78 is 5.37. The Balaban J connectivity index is 2.54. The molecular formula is C13H14BrNO5S. The van der Waals surface area contributed by atoms with Crippen molar-refractivity contribution < 1.29 is 24.2 Å². The van der Waals surface area contributed by atoms with Crippen molar-refractivity contribution in [3.05, 3.63) is 26.9 Å². The maximum Gasteiger partial charge on any atom is 0.326 e. The normalized spacial score (nSPS) is 12.1. The smallest absolute Gasteiger partial charge is 0.326 e. The van der Waals surface area contributed by atoms with E-state index in [9.17, 15) is 14.4 Å². The number of carbonyl (C=O) groups is 3. The molecule has 0 aliphatic rings. The summed E-state index contributed by atoms with van der Waals surface area (Å²) >= 11 is 4.75. The second-order valence-electron chi connectivity index (χ2n) is 3.99. The van der Waals surface area contributed by atoms with E-state index in [1.165, 1.54) is 24.5 Å². The Kier molecular flexibility index (Phi) is 7.10. The highest BCUT2D eigenvalue weighted by Gasteiger charge is 2.20. The molecule has 2 N–H and O–H groups in total. The zero-order valence-electron chi connectivity index (χ0n) is 11.2. The standard InChI is InChI=1S/C13H14BrNO5S/c1-20-12(17)7-4-9(13(18)19)15-11(16)6-3-8-2-5-10(14)21-8/h2-3,5-6,9H,4,7H2,1H3,(H,15,16)(H,18,19)/b6-3+/t9-/m0/s1. The van der Waals surface area contributed by atoms with Crippen molar-refractivity contribution in [2.75, 3.05) is 7.11 Å². The summed E-state index contributed by atoms with van der Waals surface area (Å²) in [6, 6.07) is 2.54. The lowest BCUT2D eigenvalue weighted by Crippen LogP contribution is -2.40. The minimum atomic E-state index is -1.19. The molecular weight excluding hydrogens is 362 g/mol. The van der Waals surface area contributed by atoms with Gasteiger partial charge in [-0.1, -0.05) is 0 Å². The Labute approximate surface area is 133 Å². The van der Waals surface area contributed by atoms with Gasteiger partial charge in [-0.2, -0.15) is 0 Å². The number of hydrogen-bond acceptors (Lipinski definition) is 5. The van der Waals surface area contributed by atoms with Crippen LogP contribution in [0.5, 0.6) is 0 Å². The first-order chi connectivity index (χ1) is 9.92. The quantitative estimate of drug-likeness (QED) is 0.561. The molecule has 1 heterocycles. The molecule has 0 aliphatic heterocycles. The molecule has 0 saturated carbocycles. The van der Waals surface area contributed by atoms with Crippen LogP contribution in [0.2, 0.25) is 0 Å². The van der Waals surface area contributed by atoms with Gasteiger partial charge in [0.1, 0.15) is 6.04 Å². The van der Waals surface area contributed by atoms with E-state index in [4.69, 9.17) is 5.11 Å². The molecule has 1 atom stereocenters. The van der Waals surface area contributed by atoms with Gasteiger partial charge in [-0.15, -0.1) is 11.3 Å². The third-order valence-electron chi connectivity index (χ3n) is 2.47. The van der Waals surface area contributed by atoms with Crippen LogP contribution in [0, 0.1) is 0 Å². The van der Waals surface area contributed by atoms with Gasteiger partial charge in [0.2, 0.25) is 5.91 Å². The number of thiophene rings is 1. The molecule has 0 spiro atoms. The third-order valence-corrected chi connectivity index (χ3v) is 4.06. The molecule has 21 heavy (non-hydrogen) atoms. The van der Waals surface area contributed by atoms with Gasteiger partial charge < -0.3 is 15.2 Å². The number of ether oxygens (including phenoxy) is 1. The number of halogens is 1. The van der Waals surface area contributed by atoms with Gasteiger partial charge in [0, 0.05) is 17.4 Å². The van der Waals surface area contributed by atoms with Crippen LogP contribution in [0.25, 0.3) is 6.08 Å². The van der Waals surface area contributed by atoms with Crippen LogP contribution >= 0.6 is 27.3 Å². The lowest BCUT2D eigenvalue weighted by Gasteiger charge is -2.12. The number of methoxy groups -OCH3 is 1. The van der Waals surface area contributed by atoms with Gasteiger partial charge >= 0.3 is 11.9 Å². The monoisotopic (exact) mass is 375 g/mol. The summed E-state index contributed by atoms with van der Waals surface area (Å²) in [5, 5.41) is 11.3. The first-order valence-corrected chi connectivity index (χ1v) is 7.57. The van der Waals surface area contributed by atoms with Crippen molar-refractivity contribution in [3.8, 4) is 0 Å². The van der Waals surface area contributed by atoms with E-state index < -0.39 is 23.9 Å². The van der Waals surface area contributed by atoms with Gasteiger partial charge in [0.25, 0.3) is 0 Å². The molecule has 0 fully saturated rings. The lowest BCUT2D eigenvalue weighted by atomic mass is 10.1. The topological polar surface area (TPSA) is 92.7 Å². The van der Waals surface area contributed by atoms with Crippen LogP contribution in [0.15, 0.2) is 22.0 Å². The number of nitrogens with one attached hydrogen (secondary N) is 1. The van der Waals surface area contributed by atoms with E-state index >= 15 is 0 Å². The molecule has 0 saturated heterocycles. The average Bonchev–Trinajstić information content (AvgIpc) is 2.86. The van der Waals surface area contributed by atoms with Crippen molar-refractivity contribution in [2.45, 2.75) is 18.9 Å². The van der Waals surface area contributed by atoms with Crippen molar-refractivity contribution in [2.24, 2.45) is 0 Å². The first kappa shape index (κ1) is 17.4. The second kappa shape index (κ2) is 8.58. The van der Waals surface area contributed by atoms with Gasteiger partial charge in [-0.25, -0.2) is 4.79 Å². The van der Waals surface area contributed by atoms with E-state index in [2.05, 4.69) is 26.0 Å². The van der Waals surface area contributed by atoms with E-state index in [0.717, 1.165) is 8.66 Å². The Bertz CT molecular complexity index is 555. The van der Waals surface area contributed by atoms with E-state index in [1.807, 2.05) is 12.1 Å². The number of carboxylic acids is 1. The third kappa shape index (κ3) is 6.54. The van der Waals surface area contributed by atoms with Crippen LogP contribution in [-0.2, 0) is 19.1 Å². The number of carbonyl (C=O) groups excluding carboxylic acids is 2. The summed E-state index contributed by atoms with van der Waals surface area (Å²) in [6.45, 7) is 0. The van der Waals surface area contributed by atoms with E-state index in [-0.39, 0.29) is 12.8 Å². The first-order valence-electron chi connectivity index (χ1n) is 5.96. The SMILES string of the molecule is COC(=O)CC[C@H](NC(=O)/C=C/c1ccc(Br)s1)C(=O)O. The fraction of sp³-hybridized carbons (Fsp3) is 0.308. The largest absolute Gasteiger partial charge is 0.480 e. The summed E-state index contributed by atoms with van der Waals surface area (Å²) in [6.07, 6.45) is 2.75. The van der Waals surface area contributed by atoms with Crippen molar-refractivity contribution >= 4 is 51.2 Å². The zero-order valence-corrected chi connectivity index (χ0v) is 13.6. The Morgan fingerprint density at radius 1 is 1.48 bits per heavy atom. The highest BCUT2D eigenvalue weighted by atomic mass is 79.9. The van der Waals surface area contributed by atoms with Crippen LogP contribution in [0.1, 0.15) is 17.7 Å². The van der Waals surface area contributed by atoms with Crippen molar-refractivity contribution in [3.63, 3.8) is 0 Å². The second-order valence-corrected chi connectivity index (χ2v) is 6.48. The maximum atomic E-state index is 11.7. The molecule has 1 rings (SSSR count). The number of amides is 1. The van der Waals surface area contributed by atoms with Crippen LogP contribution in [0.3, 0.4) is 0 Å². The summed E-state index contributed by atoms with van der Waals surface area (Å²) in [4.78, 5) is 34.5. The van der Waals surface area contributed by atoms with Gasteiger partial charge in [0.15, 0.2) is 0 Å². The van der Waals surface area contributed by atoms with Gasteiger partial charge in [0.05, 0.1) is 10.9 Å². The highest BCUT2D eigenvalue weighted by molar-refractivity contribution is 9.11. The Morgan fingerprint density at radius 2 is 2.19 bits per heavy atom. The number of carboxylic acid groups (broad SMARTS) is 1. The van der Waals surface area contributed by atoms with Gasteiger partial charge in [-0.05, 0) is 40.6 Å². The molecule has 6 nitrogen and oxygen atoms in total. The Morgan fingerprint density at radius 3 is 2.71 bits per heavy atom. The van der Waals surface area contributed by atoms with Crippen LogP contribution in [-0.4, -0.2) is 36.1 Å². The predicted octanol–water partition coefficient (Wildman–Crippen LogP) is 2.05. The van der Waals surface area contributed by atoms with Crippen LogP contribution < -0.4 is 5.32 Å². The number of esters is 1. The minimum absolute atomic E-state index is 0.0217. The number of aliphatic carboxylic acids is 1. The van der Waals surface area contributed by atoms with Gasteiger partial charge in [-0.3, -0.25) is 9.59 Å². The Hall–Kier alpha value is -1.67. The summed E-state index contributed by atoms with van der Waals surface area (Å²) in [5.74, 6) is -2.24.